The topological polar surface area (TPSA) is 107 Å². The highest BCUT2D eigenvalue weighted by Crippen LogP contribution is 2.51. The van der Waals surface area contributed by atoms with Crippen LogP contribution in [0.15, 0.2) is 11.8 Å². The Morgan fingerprint density at radius 2 is 1.83 bits per heavy atom. The highest BCUT2D eigenvalue weighted by atomic mass is 16.4. The van der Waals surface area contributed by atoms with Gasteiger partial charge in [-0.05, 0) is 44.7 Å². The van der Waals surface area contributed by atoms with Gasteiger partial charge in [0, 0.05) is 5.92 Å². The maximum Gasteiger partial charge on any atom is 0.352 e. The van der Waals surface area contributed by atoms with E-state index in [9.17, 15) is 14.4 Å². The van der Waals surface area contributed by atoms with E-state index in [0.29, 0.717) is 13.0 Å². The summed E-state index contributed by atoms with van der Waals surface area (Å²) in [6.07, 6.45) is 5.42. The molecule has 1 saturated carbocycles. The standard InChI is InChI=1S/C17H28N2O5/c1-17(2)10-12(17)15(22)18-13(16(23)24)8-6-4-5-7-9-19(3)11-14(20)21/h8,12H,4-7,9-11H2,1-3H3,(H,18,22)(H,20,21)(H,23,24)/b13-8+. The summed E-state index contributed by atoms with van der Waals surface area (Å²) >= 11 is 0. The summed E-state index contributed by atoms with van der Waals surface area (Å²) in [4.78, 5) is 35.4. The third kappa shape index (κ3) is 7.12. The summed E-state index contributed by atoms with van der Waals surface area (Å²) in [5.41, 5.74) is -0.0824. The first-order valence-corrected chi connectivity index (χ1v) is 8.28. The fourth-order valence-corrected chi connectivity index (χ4v) is 2.59. The number of carbonyl (C=O) groups is 3. The second kappa shape index (κ2) is 8.82. The first-order valence-electron chi connectivity index (χ1n) is 8.28. The van der Waals surface area contributed by atoms with E-state index in [1.54, 1.807) is 18.0 Å². The Balaban J connectivity index is 2.28. The Bertz CT molecular complexity index is 513. The predicted octanol–water partition coefficient (Wildman–Crippen LogP) is 1.69. The number of amides is 1. The molecule has 1 rings (SSSR count). The number of allylic oxidation sites excluding steroid dienone is 1. The molecule has 136 valence electrons. The largest absolute Gasteiger partial charge is 0.480 e. The van der Waals surface area contributed by atoms with Crippen LogP contribution >= 0.6 is 0 Å². The molecule has 1 aliphatic rings. The van der Waals surface area contributed by atoms with E-state index in [1.807, 2.05) is 13.8 Å². The number of hydrogen-bond donors (Lipinski definition) is 3. The van der Waals surface area contributed by atoms with Gasteiger partial charge < -0.3 is 15.5 Å². The van der Waals surface area contributed by atoms with Crippen LogP contribution in [0.25, 0.3) is 0 Å². The van der Waals surface area contributed by atoms with Gasteiger partial charge in [0.2, 0.25) is 5.91 Å². The van der Waals surface area contributed by atoms with Gasteiger partial charge in [-0.15, -0.1) is 0 Å². The number of nitrogens with zero attached hydrogens (tertiary/aromatic N) is 1. The van der Waals surface area contributed by atoms with Gasteiger partial charge in [-0.25, -0.2) is 4.79 Å². The molecule has 0 bridgehead atoms. The lowest BCUT2D eigenvalue weighted by Crippen LogP contribution is -2.29. The van der Waals surface area contributed by atoms with E-state index in [0.717, 1.165) is 25.7 Å². The number of hydrogen-bond acceptors (Lipinski definition) is 4. The Hall–Kier alpha value is -1.89. The van der Waals surface area contributed by atoms with E-state index >= 15 is 0 Å². The first-order chi connectivity index (χ1) is 11.1. The number of carboxylic acid groups (broad SMARTS) is 2. The molecule has 0 spiro atoms. The minimum absolute atomic E-state index is 0.0204. The van der Waals surface area contributed by atoms with Crippen LogP contribution < -0.4 is 5.32 Å². The zero-order chi connectivity index (χ0) is 18.3. The van der Waals surface area contributed by atoms with E-state index in [4.69, 9.17) is 10.2 Å². The number of nitrogens with one attached hydrogen (secondary N) is 1. The lowest BCUT2D eigenvalue weighted by Gasteiger charge is -2.13. The highest BCUT2D eigenvalue weighted by molar-refractivity contribution is 5.94. The van der Waals surface area contributed by atoms with Gasteiger partial charge in [0.15, 0.2) is 0 Å². The number of carboxylic acids is 2. The predicted molar refractivity (Wildman–Crippen MR) is 89.4 cm³/mol. The molecule has 24 heavy (non-hydrogen) atoms. The molecule has 0 aliphatic heterocycles. The normalized spacial score (nSPS) is 19.2. The van der Waals surface area contributed by atoms with Crippen LogP contribution in [-0.4, -0.2) is 53.1 Å². The molecule has 7 heteroatoms. The van der Waals surface area contributed by atoms with Crippen molar-refractivity contribution in [3.05, 3.63) is 11.8 Å². The Kier molecular flexibility index (Phi) is 7.41. The maximum atomic E-state index is 12.0. The number of carbonyl (C=O) groups excluding carboxylic acids is 1. The van der Waals surface area contributed by atoms with Gasteiger partial charge in [0.1, 0.15) is 5.70 Å². The zero-order valence-corrected chi connectivity index (χ0v) is 14.7. The van der Waals surface area contributed by atoms with Crippen molar-refractivity contribution in [2.75, 3.05) is 20.1 Å². The van der Waals surface area contributed by atoms with E-state index in [2.05, 4.69) is 5.32 Å². The van der Waals surface area contributed by atoms with Crippen LogP contribution in [0.5, 0.6) is 0 Å². The molecule has 0 radical (unpaired) electrons. The molecule has 7 nitrogen and oxygen atoms in total. The van der Waals surface area contributed by atoms with Crippen molar-refractivity contribution in [2.24, 2.45) is 11.3 Å². The van der Waals surface area contributed by atoms with Crippen molar-refractivity contribution in [3.8, 4) is 0 Å². The van der Waals surface area contributed by atoms with Crippen molar-refractivity contribution in [2.45, 2.75) is 46.0 Å². The molecule has 0 aromatic rings. The zero-order valence-electron chi connectivity index (χ0n) is 14.7. The van der Waals surface area contributed by atoms with E-state index in [1.165, 1.54) is 0 Å². The monoisotopic (exact) mass is 340 g/mol. The minimum Gasteiger partial charge on any atom is -0.480 e. The van der Waals surface area contributed by atoms with Crippen LogP contribution in [0.1, 0.15) is 46.0 Å². The Morgan fingerprint density at radius 1 is 1.21 bits per heavy atom. The smallest absolute Gasteiger partial charge is 0.352 e. The number of rotatable bonds is 11. The third-order valence-electron chi connectivity index (χ3n) is 4.32. The minimum atomic E-state index is -1.12. The Morgan fingerprint density at radius 3 is 2.33 bits per heavy atom. The molecule has 3 N–H and O–H groups in total. The lowest BCUT2D eigenvalue weighted by atomic mass is 10.1. The van der Waals surface area contributed by atoms with Crippen LogP contribution in [0.4, 0.5) is 0 Å². The van der Waals surface area contributed by atoms with Crippen LogP contribution in [-0.2, 0) is 14.4 Å². The molecule has 1 aliphatic carbocycles. The molecule has 1 fully saturated rings. The molecule has 0 heterocycles. The van der Waals surface area contributed by atoms with Crippen molar-refractivity contribution in [1.29, 1.82) is 0 Å². The van der Waals surface area contributed by atoms with Gasteiger partial charge >= 0.3 is 11.9 Å². The fraction of sp³-hybridized carbons (Fsp3) is 0.706. The van der Waals surface area contributed by atoms with Crippen molar-refractivity contribution in [1.82, 2.24) is 10.2 Å². The molecule has 1 unspecified atom stereocenters. The summed E-state index contributed by atoms with van der Waals surface area (Å²) < 4.78 is 0. The molecule has 0 aromatic carbocycles. The quantitative estimate of drug-likeness (QED) is 0.390. The van der Waals surface area contributed by atoms with Crippen LogP contribution in [0, 0.1) is 11.3 Å². The summed E-state index contributed by atoms with van der Waals surface area (Å²) in [5.74, 6) is -2.29. The summed E-state index contributed by atoms with van der Waals surface area (Å²) in [5, 5.41) is 20.3. The van der Waals surface area contributed by atoms with Crippen molar-refractivity contribution >= 4 is 17.8 Å². The number of aliphatic carboxylic acids is 2. The van der Waals surface area contributed by atoms with Crippen LogP contribution in [0.3, 0.4) is 0 Å². The highest BCUT2D eigenvalue weighted by Gasteiger charge is 2.50. The molecule has 0 aromatic heterocycles. The number of likely N-dealkylation sites (N-methyl/N-ethyl adjacent to an activating group) is 1. The van der Waals surface area contributed by atoms with E-state index < -0.39 is 11.9 Å². The van der Waals surface area contributed by atoms with Gasteiger partial charge in [-0.2, -0.15) is 0 Å². The average molecular weight is 340 g/mol. The molecular weight excluding hydrogens is 312 g/mol. The first kappa shape index (κ1) is 20.2. The lowest BCUT2D eigenvalue weighted by molar-refractivity contribution is -0.138. The second-order valence-electron chi connectivity index (χ2n) is 7.14. The average Bonchev–Trinajstić information content (AvgIpc) is 3.09. The third-order valence-corrected chi connectivity index (χ3v) is 4.32. The number of unbranched alkanes of at least 4 members (excludes halogenated alkanes) is 3. The van der Waals surface area contributed by atoms with E-state index in [-0.39, 0.29) is 29.5 Å². The van der Waals surface area contributed by atoms with Crippen molar-refractivity contribution < 1.29 is 24.6 Å². The maximum absolute atomic E-state index is 12.0. The molecule has 1 atom stereocenters. The van der Waals surface area contributed by atoms with Gasteiger partial charge in [0.25, 0.3) is 0 Å². The van der Waals surface area contributed by atoms with Gasteiger partial charge in [-0.1, -0.05) is 26.3 Å². The van der Waals surface area contributed by atoms with Crippen LogP contribution in [0.2, 0.25) is 0 Å². The molecular formula is C17H28N2O5. The van der Waals surface area contributed by atoms with Crippen molar-refractivity contribution in [3.63, 3.8) is 0 Å². The summed E-state index contributed by atoms with van der Waals surface area (Å²) in [7, 11) is 1.76. The van der Waals surface area contributed by atoms with Gasteiger partial charge in [-0.3, -0.25) is 14.5 Å². The SMILES string of the molecule is CN(CCCCC/C=C(/NC(=O)C1CC1(C)C)C(=O)O)CC(=O)O. The fourth-order valence-electron chi connectivity index (χ4n) is 2.59. The molecule has 0 saturated heterocycles. The Labute approximate surface area is 142 Å². The summed E-state index contributed by atoms with van der Waals surface area (Å²) in [6.45, 7) is 4.69. The second-order valence-corrected chi connectivity index (χ2v) is 7.14. The summed E-state index contributed by atoms with van der Waals surface area (Å²) in [6, 6.07) is 0. The molecule has 1 amide bonds. The van der Waals surface area contributed by atoms with Gasteiger partial charge in [0.05, 0.1) is 6.54 Å².